The van der Waals surface area contributed by atoms with E-state index in [0.29, 0.717) is 19.7 Å². The Hall–Kier alpha value is -1.73. The smallest absolute Gasteiger partial charge is 0.254 e. The molecule has 3 aliphatic heterocycles. The summed E-state index contributed by atoms with van der Waals surface area (Å²) in [6.45, 7) is 3.76. The Morgan fingerprint density at radius 2 is 2.04 bits per heavy atom. The molecule has 25 heavy (non-hydrogen) atoms. The number of rotatable bonds is 2. The number of carbonyl (C=O) groups is 1. The van der Waals surface area contributed by atoms with Gasteiger partial charge in [0, 0.05) is 44.3 Å². The Morgan fingerprint density at radius 3 is 2.76 bits per heavy atom. The maximum absolute atomic E-state index is 12.4. The highest BCUT2D eigenvalue weighted by Gasteiger charge is 2.32. The number of hydrogen-bond donors (Lipinski definition) is 1. The van der Waals surface area contributed by atoms with Gasteiger partial charge >= 0.3 is 0 Å². The lowest BCUT2D eigenvalue weighted by Gasteiger charge is -2.33. The lowest BCUT2D eigenvalue weighted by molar-refractivity contribution is -0.142. The van der Waals surface area contributed by atoms with Gasteiger partial charge in [0.15, 0.2) is 0 Å². The first-order valence-corrected chi connectivity index (χ1v) is 9.32. The van der Waals surface area contributed by atoms with Gasteiger partial charge in [-0.2, -0.15) is 0 Å². The molecule has 2 saturated heterocycles. The van der Waals surface area contributed by atoms with Crippen LogP contribution in [0.2, 0.25) is 0 Å². The van der Waals surface area contributed by atoms with Crippen LogP contribution in [0, 0.1) is 0 Å². The van der Waals surface area contributed by atoms with Crippen molar-refractivity contribution in [1.29, 1.82) is 0 Å². The molecule has 1 N–H and O–H groups in total. The summed E-state index contributed by atoms with van der Waals surface area (Å²) in [6, 6.07) is 0. The van der Waals surface area contributed by atoms with Gasteiger partial charge in [-0.3, -0.25) is 9.59 Å². The highest BCUT2D eigenvalue weighted by atomic mass is 16.5. The van der Waals surface area contributed by atoms with Crippen LogP contribution in [0.4, 0.5) is 0 Å². The number of likely N-dealkylation sites (N-methyl/N-ethyl adjacent to an activating group) is 1. The van der Waals surface area contributed by atoms with Crippen molar-refractivity contribution >= 4 is 5.91 Å². The molecule has 0 spiro atoms. The molecule has 1 aromatic rings. The van der Waals surface area contributed by atoms with Crippen LogP contribution in [0.15, 0.2) is 4.79 Å². The highest BCUT2D eigenvalue weighted by Crippen LogP contribution is 2.27. The van der Waals surface area contributed by atoms with E-state index in [4.69, 9.17) is 9.72 Å². The van der Waals surface area contributed by atoms with E-state index in [1.807, 2.05) is 4.90 Å². The molecule has 1 aromatic heterocycles. The zero-order valence-corrected chi connectivity index (χ0v) is 14.8. The number of carbonyl (C=O) groups excluding carboxylic acids is 1. The molecule has 0 aromatic carbocycles. The van der Waals surface area contributed by atoms with Crippen LogP contribution in [0.1, 0.15) is 48.7 Å². The second kappa shape index (κ2) is 6.88. The molecular formula is C18H26N4O3. The Labute approximate surface area is 147 Å². The number of piperidine rings is 1. The molecule has 7 nitrogen and oxygen atoms in total. The van der Waals surface area contributed by atoms with Crippen LogP contribution in [0.5, 0.6) is 0 Å². The number of H-pyrrole nitrogens is 1. The summed E-state index contributed by atoms with van der Waals surface area (Å²) in [5.74, 6) is 1.14. The van der Waals surface area contributed by atoms with E-state index in [2.05, 4.69) is 16.9 Å². The van der Waals surface area contributed by atoms with Crippen molar-refractivity contribution in [3.8, 4) is 0 Å². The second-order valence-corrected chi connectivity index (χ2v) is 7.47. The van der Waals surface area contributed by atoms with Gasteiger partial charge < -0.3 is 19.5 Å². The number of nitrogens with one attached hydrogen (secondary N) is 1. The third kappa shape index (κ3) is 3.35. The highest BCUT2D eigenvalue weighted by molar-refractivity contribution is 5.81. The number of likely N-dealkylation sites (tertiary alicyclic amines) is 1. The van der Waals surface area contributed by atoms with E-state index >= 15 is 0 Å². The van der Waals surface area contributed by atoms with Crippen LogP contribution in [-0.2, 0) is 22.5 Å². The fraction of sp³-hybridized carbons (Fsp3) is 0.722. The maximum Gasteiger partial charge on any atom is 0.254 e. The van der Waals surface area contributed by atoms with Crippen molar-refractivity contribution in [3.63, 3.8) is 0 Å². The molecular weight excluding hydrogens is 320 g/mol. The Kier molecular flexibility index (Phi) is 4.60. The zero-order chi connectivity index (χ0) is 17.4. The minimum Gasteiger partial charge on any atom is -0.368 e. The van der Waals surface area contributed by atoms with Gasteiger partial charge in [0.1, 0.15) is 11.9 Å². The molecule has 2 fully saturated rings. The lowest BCUT2D eigenvalue weighted by Crippen LogP contribution is -2.43. The fourth-order valence-electron chi connectivity index (χ4n) is 4.13. The quantitative estimate of drug-likeness (QED) is 0.850. The third-order valence-corrected chi connectivity index (χ3v) is 5.68. The standard InChI is InChI=1S/C18H26N4O3/c1-21-7-6-13-14(11-21)19-16(20-17(13)23)12-4-8-22(9-5-12)18(24)15-3-2-10-25-15/h12,15H,2-11H2,1H3,(H,19,20,23)/t15-/m1/s1. The number of fused-ring (bicyclic) bond motifs is 1. The van der Waals surface area contributed by atoms with E-state index in [0.717, 1.165) is 62.3 Å². The van der Waals surface area contributed by atoms with Gasteiger partial charge in [-0.1, -0.05) is 0 Å². The Morgan fingerprint density at radius 1 is 1.24 bits per heavy atom. The zero-order valence-electron chi connectivity index (χ0n) is 14.8. The second-order valence-electron chi connectivity index (χ2n) is 7.47. The van der Waals surface area contributed by atoms with E-state index in [-0.39, 0.29) is 23.5 Å². The Balaban J connectivity index is 1.44. The van der Waals surface area contributed by atoms with E-state index in [1.165, 1.54) is 0 Å². The molecule has 1 amide bonds. The summed E-state index contributed by atoms with van der Waals surface area (Å²) in [4.78, 5) is 36.7. The number of aromatic amines is 1. The molecule has 0 radical (unpaired) electrons. The summed E-state index contributed by atoms with van der Waals surface area (Å²) >= 11 is 0. The molecule has 4 rings (SSSR count). The van der Waals surface area contributed by atoms with Crippen molar-refractivity contribution in [3.05, 3.63) is 27.4 Å². The first-order valence-electron chi connectivity index (χ1n) is 9.32. The van der Waals surface area contributed by atoms with E-state index < -0.39 is 0 Å². The summed E-state index contributed by atoms with van der Waals surface area (Å²) in [5.41, 5.74) is 1.78. The number of amides is 1. The SMILES string of the molecule is CN1CCc2c(nc(C3CCN(C(=O)[C@H]4CCCO4)CC3)[nH]c2=O)C1. The van der Waals surface area contributed by atoms with E-state index in [9.17, 15) is 9.59 Å². The summed E-state index contributed by atoms with van der Waals surface area (Å²) < 4.78 is 5.51. The normalized spacial score (nSPS) is 25.2. The van der Waals surface area contributed by atoms with Gasteiger partial charge in [0.05, 0.1) is 5.69 Å². The average Bonchev–Trinajstić information content (AvgIpc) is 3.15. The van der Waals surface area contributed by atoms with Gasteiger partial charge in [-0.05, 0) is 39.2 Å². The van der Waals surface area contributed by atoms with Crippen LogP contribution in [0.3, 0.4) is 0 Å². The van der Waals surface area contributed by atoms with Gasteiger partial charge in [-0.15, -0.1) is 0 Å². The summed E-state index contributed by atoms with van der Waals surface area (Å²) in [5, 5.41) is 0. The number of ether oxygens (including phenoxy) is 1. The first-order chi connectivity index (χ1) is 12.1. The predicted octanol–water partition coefficient (Wildman–Crippen LogP) is 0.643. The number of aromatic nitrogens is 2. The van der Waals surface area contributed by atoms with Gasteiger partial charge in [-0.25, -0.2) is 4.98 Å². The molecule has 3 aliphatic rings. The Bertz CT molecular complexity index is 703. The number of hydrogen-bond acceptors (Lipinski definition) is 5. The first kappa shape index (κ1) is 16.7. The predicted molar refractivity (Wildman–Crippen MR) is 92.4 cm³/mol. The van der Waals surface area contributed by atoms with Crippen LogP contribution in [-0.4, -0.2) is 65.1 Å². The summed E-state index contributed by atoms with van der Waals surface area (Å²) in [6.07, 6.45) is 4.02. The van der Waals surface area contributed by atoms with Crippen molar-refractivity contribution in [2.75, 3.05) is 33.3 Å². The minimum absolute atomic E-state index is 0.0194. The van der Waals surface area contributed by atoms with Crippen molar-refractivity contribution in [1.82, 2.24) is 19.8 Å². The minimum atomic E-state index is -0.242. The van der Waals surface area contributed by atoms with Gasteiger partial charge in [0.2, 0.25) is 0 Å². The maximum atomic E-state index is 12.4. The third-order valence-electron chi connectivity index (χ3n) is 5.68. The summed E-state index contributed by atoms with van der Waals surface area (Å²) in [7, 11) is 2.06. The van der Waals surface area contributed by atoms with Crippen molar-refractivity contribution < 1.29 is 9.53 Å². The van der Waals surface area contributed by atoms with Gasteiger partial charge in [0.25, 0.3) is 11.5 Å². The molecule has 0 unspecified atom stereocenters. The van der Waals surface area contributed by atoms with Crippen LogP contribution < -0.4 is 5.56 Å². The molecule has 0 bridgehead atoms. The lowest BCUT2D eigenvalue weighted by atomic mass is 9.95. The fourth-order valence-corrected chi connectivity index (χ4v) is 4.13. The molecule has 7 heteroatoms. The molecule has 0 aliphatic carbocycles. The largest absolute Gasteiger partial charge is 0.368 e. The van der Waals surface area contributed by atoms with Crippen LogP contribution in [0.25, 0.3) is 0 Å². The molecule has 1 atom stereocenters. The number of nitrogens with zero attached hydrogens (tertiary/aromatic N) is 3. The molecule has 0 saturated carbocycles. The molecule has 4 heterocycles. The van der Waals surface area contributed by atoms with Crippen molar-refractivity contribution in [2.45, 2.75) is 50.7 Å². The average molecular weight is 346 g/mol. The molecule has 136 valence electrons. The monoisotopic (exact) mass is 346 g/mol. The van der Waals surface area contributed by atoms with Crippen LogP contribution >= 0.6 is 0 Å². The van der Waals surface area contributed by atoms with E-state index in [1.54, 1.807) is 0 Å². The van der Waals surface area contributed by atoms with Crippen molar-refractivity contribution in [2.24, 2.45) is 0 Å². The topological polar surface area (TPSA) is 78.5 Å².